The molecule has 2 aliphatic heterocycles. The van der Waals surface area contributed by atoms with Crippen LogP contribution in [-0.4, -0.2) is 80.3 Å². The summed E-state index contributed by atoms with van der Waals surface area (Å²) in [7, 11) is 5.27. The van der Waals surface area contributed by atoms with Crippen LogP contribution in [0.4, 0.5) is 0 Å². The lowest BCUT2D eigenvalue weighted by Gasteiger charge is -2.39. The van der Waals surface area contributed by atoms with Crippen LogP contribution in [0, 0.1) is 0 Å². The summed E-state index contributed by atoms with van der Waals surface area (Å²) in [6.45, 7) is 10.6. The number of hydrogen-bond donors (Lipinski definition) is 1. The summed E-state index contributed by atoms with van der Waals surface area (Å²) >= 11 is 2.05. The van der Waals surface area contributed by atoms with E-state index in [2.05, 4.69) is 46.1 Å². The van der Waals surface area contributed by atoms with E-state index >= 15 is 0 Å². The van der Waals surface area contributed by atoms with Crippen molar-refractivity contribution in [1.29, 1.82) is 0 Å². The number of methoxy groups -OCH3 is 2. The van der Waals surface area contributed by atoms with Gasteiger partial charge in [-0.3, -0.25) is 9.89 Å². The van der Waals surface area contributed by atoms with Gasteiger partial charge in [0, 0.05) is 56.8 Å². The molecule has 0 radical (unpaired) electrons. The molecule has 0 aliphatic carbocycles. The minimum Gasteiger partial charge on any atom is -0.493 e. The van der Waals surface area contributed by atoms with Crippen molar-refractivity contribution in [3.05, 3.63) is 23.3 Å². The number of guanidine groups is 1. The normalized spacial score (nSPS) is 19.9. The second-order valence-electron chi connectivity index (χ2n) is 8.01. The fraction of sp³-hybridized carbons (Fsp3) is 0.667. The molecule has 3 rings (SSSR count). The number of hydrogen-bond acceptors (Lipinski definition) is 5. The summed E-state index contributed by atoms with van der Waals surface area (Å²) in [5.74, 6) is 3.81. The van der Waals surface area contributed by atoms with Gasteiger partial charge in [-0.25, -0.2) is 0 Å². The van der Waals surface area contributed by atoms with Gasteiger partial charge in [-0.15, -0.1) is 0 Å². The third kappa shape index (κ3) is 5.06. The van der Waals surface area contributed by atoms with E-state index in [1.807, 2.05) is 18.8 Å². The van der Waals surface area contributed by atoms with E-state index in [0.29, 0.717) is 0 Å². The molecule has 1 N–H and O–H groups in total. The van der Waals surface area contributed by atoms with E-state index in [0.717, 1.165) is 68.9 Å². The number of benzene rings is 1. The first-order valence-electron chi connectivity index (χ1n) is 10.0. The van der Waals surface area contributed by atoms with Gasteiger partial charge in [-0.1, -0.05) is 0 Å². The molecule has 0 atom stereocenters. The van der Waals surface area contributed by atoms with Crippen molar-refractivity contribution in [2.75, 3.05) is 59.7 Å². The first-order chi connectivity index (χ1) is 13.5. The standard InChI is InChI=1S/C21H34N4O2S/c1-21(2)15-25(10-11-28-21)20(22-3)23-7-9-24-8-6-16-12-18(26-4)19(27-5)13-17(16)14-24/h12-13H,6-11,14-15H2,1-5H3,(H,22,23). The minimum absolute atomic E-state index is 0.284. The maximum absolute atomic E-state index is 5.47. The molecule has 0 aromatic heterocycles. The summed E-state index contributed by atoms with van der Waals surface area (Å²) in [6, 6.07) is 4.25. The largest absolute Gasteiger partial charge is 0.493 e. The molecule has 7 heteroatoms. The molecule has 6 nitrogen and oxygen atoms in total. The SMILES string of the molecule is CN=C(NCCN1CCc2cc(OC)c(OC)cc2C1)N1CCSC(C)(C)C1. The van der Waals surface area contributed by atoms with Crippen molar-refractivity contribution in [2.45, 2.75) is 31.6 Å². The fourth-order valence-corrected chi connectivity index (χ4v) is 5.10. The summed E-state index contributed by atoms with van der Waals surface area (Å²) in [4.78, 5) is 9.39. The van der Waals surface area contributed by atoms with Gasteiger partial charge in [0.25, 0.3) is 0 Å². The Morgan fingerprint density at radius 3 is 2.54 bits per heavy atom. The number of thioether (sulfide) groups is 1. The molecule has 1 fully saturated rings. The number of fused-ring (bicyclic) bond motifs is 1. The average molecular weight is 407 g/mol. The molecule has 2 heterocycles. The zero-order valence-corrected chi connectivity index (χ0v) is 18.7. The lowest BCUT2D eigenvalue weighted by Crippen LogP contribution is -2.52. The zero-order valence-electron chi connectivity index (χ0n) is 17.9. The lowest BCUT2D eigenvalue weighted by atomic mass is 9.99. The fourth-order valence-electron chi connectivity index (χ4n) is 3.99. The van der Waals surface area contributed by atoms with Crippen LogP contribution in [-0.2, 0) is 13.0 Å². The molecular weight excluding hydrogens is 372 g/mol. The number of nitrogens with one attached hydrogen (secondary N) is 1. The number of nitrogens with zero attached hydrogens (tertiary/aromatic N) is 3. The van der Waals surface area contributed by atoms with Crippen molar-refractivity contribution in [1.82, 2.24) is 15.1 Å². The van der Waals surface area contributed by atoms with Crippen LogP contribution >= 0.6 is 11.8 Å². The Kier molecular flexibility index (Phi) is 6.99. The molecule has 1 aromatic carbocycles. The summed E-state index contributed by atoms with van der Waals surface area (Å²) in [6.07, 6.45) is 1.04. The number of rotatable bonds is 5. The Bertz CT molecular complexity index is 708. The van der Waals surface area contributed by atoms with Crippen LogP contribution < -0.4 is 14.8 Å². The molecule has 1 aromatic rings. The summed E-state index contributed by atoms with van der Waals surface area (Å²) in [5.41, 5.74) is 2.70. The Morgan fingerprint density at radius 2 is 1.89 bits per heavy atom. The maximum atomic E-state index is 5.47. The first-order valence-corrected chi connectivity index (χ1v) is 11.0. The van der Waals surface area contributed by atoms with Gasteiger partial charge < -0.3 is 19.7 Å². The van der Waals surface area contributed by atoms with Gasteiger partial charge in [0.1, 0.15) is 0 Å². The monoisotopic (exact) mass is 406 g/mol. The van der Waals surface area contributed by atoms with Crippen LogP contribution in [0.3, 0.4) is 0 Å². The van der Waals surface area contributed by atoms with E-state index in [-0.39, 0.29) is 4.75 Å². The first kappa shape index (κ1) is 21.1. The van der Waals surface area contributed by atoms with Gasteiger partial charge >= 0.3 is 0 Å². The smallest absolute Gasteiger partial charge is 0.193 e. The third-order valence-corrected chi connectivity index (χ3v) is 6.74. The van der Waals surface area contributed by atoms with Crippen LogP contribution in [0.1, 0.15) is 25.0 Å². The molecule has 1 saturated heterocycles. The predicted octanol–water partition coefficient (Wildman–Crippen LogP) is 2.46. The minimum atomic E-state index is 0.284. The number of ether oxygens (including phenoxy) is 2. The van der Waals surface area contributed by atoms with Gasteiger partial charge in [-0.2, -0.15) is 11.8 Å². The van der Waals surface area contributed by atoms with Gasteiger partial charge in [-0.05, 0) is 43.5 Å². The predicted molar refractivity (Wildman–Crippen MR) is 118 cm³/mol. The molecule has 28 heavy (non-hydrogen) atoms. The van der Waals surface area contributed by atoms with Crippen molar-refractivity contribution < 1.29 is 9.47 Å². The lowest BCUT2D eigenvalue weighted by molar-refractivity contribution is 0.254. The van der Waals surface area contributed by atoms with Crippen LogP contribution in [0.2, 0.25) is 0 Å². The van der Waals surface area contributed by atoms with E-state index in [1.165, 1.54) is 11.1 Å². The Morgan fingerprint density at radius 1 is 1.18 bits per heavy atom. The van der Waals surface area contributed by atoms with E-state index < -0.39 is 0 Å². The Labute approximate surface area is 173 Å². The van der Waals surface area contributed by atoms with Crippen LogP contribution in [0.25, 0.3) is 0 Å². The van der Waals surface area contributed by atoms with E-state index in [4.69, 9.17) is 9.47 Å². The zero-order chi connectivity index (χ0) is 20.1. The molecule has 2 aliphatic rings. The molecular formula is C21H34N4O2S. The van der Waals surface area contributed by atoms with Gasteiger partial charge in [0.05, 0.1) is 14.2 Å². The van der Waals surface area contributed by atoms with E-state index in [9.17, 15) is 0 Å². The second-order valence-corrected chi connectivity index (χ2v) is 9.81. The summed E-state index contributed by atoms with van der Waals surface area (Å²) < 4.78 is 11.2. The van der Waals surface area contributed by atoms with Crippen molar-refractivity contribution in [2.24, 2.45) is 4.99 Å². The van der Waals surface area contributed by atoms with Crippen LogP contribution in [0.5, 0.6) is 11.5 Å². The van der Waals surface area contributed by atoms with Crippen molar-refractivity contribution in [3.8, 4) is 11.5 Å². The molecule has 0 bridgehead atoms. The third-order valence-electron chi connectivity index (χ3n) is 5.45. The molecule has 0 saturated carbocycles. The highest BCUT2D eigenvalue weighted by atomic mass is 32.2. The maximum Gasteiger partial charge on any atom is 0.193 e. The quantitative estimate of drug-likeness (QED) is 0.599. The van der Waals surface area contributed by atoms with Crippen molar-refractivity contribution >= 4 is 17.7 Å². The topological polar surface area (TPSA) is 49.3 Å². The van der Waals surface area contributed by atoms with Gasteiger partial charge in [0.2, 0.25) is 0 Å². The Hall–Kier alpha value is -1.60. The Balaban J connectivity index is 1.53. The average Bonchev–Trinajstić information content (AvgIpc) is 2.69. The number of aliphatic imine (C=N–C) groups is 1. The molecule has 0 spiro atoms. The van der Waals surface area contributed by atoms with Gasteiger partial charge in [0.15, 0.2) is 17.5 Å². The van der Waals surface area contributed by atoms with Crippen LogP contribution in [0.15, 0.2) is 17.1 Å². The second kappa shape index (κ2) is 9.27. The highest BCUT2D eigenvalue weighted by Gasteiger charge is 2.28. The van der Waals surface area contributed by atoms with Crippen molar-refractivity contribution in [3.63, 3.8) is 0 Å². The molecule has 0 amide bonds. The van der Waals surface area contributed by atoms with E-state index in [1.54, 1.807) is 14.2 Å². The molecule has 156 valence electrons. The molecule has 0 unspecified atom stereocenters. The summed E-state index contributed by atoms with van der Waals surface area (Å²) in [5, 5.41) is 3.57. The highest BCUT2D eigenvalue weighted by molar-refractivity contribution is 8.00. The highest BCUT2D eigenvalue weighted by Crippen LogP contribution is 2.33.